The van der Waals surface area contributed by atoms with Crippen molar-refractivity contribution in [2.75, 3.05) is 0 Å². The first-order valence-corrected chi connectivity index (χ1v) is 8.75. The van der Waals surface area contributed by atoms with Gasteiger partial charge < -0.3 is 10.4 Å². The summed E-state index contributed by atoms with van der Waals surface area (Å²) in [5.74, 6) is -2.04. The second kappa shape index (κ2) is 7.14. The molecule has 0 fully saturated rings. The number of aliphatic carboxylic acids is 1. The quantitative estimate of drug-likeness (QED) is 0.858. The molecular formula is C18H16FNO4S. The van der Waals surface area contributed by atoms with E-state index in [2.05, 4.69) is 5.32 Å². The highest BCUT2D eigenvalue weighted by molar-refractivity contribution is 7.12. The maximum absolute atomic E-state index is 13.0. The lowest BCUT2D eigenvalue weighted by molar-refractivity contribution is -0.139. The maximum atomic E-state index is 13.0. The van der Waals surface area contributed by atoms with Crippen LogP contribution in [0.15, 0.2) is 29.6 Å². The van der Waals surface area contributed by atoms with E-state index in [1.807, 2.05) is 0 Å². The number of carbonyl (C=O) groups is 3. The number of benzene rings is 1. The number of hydrogen-bond acceptors (Lipinski definition) is 4. The van der Waals surface area contributed by atoms with Crippen LogP contribution in [0.1, 0.15) is 44.0 Å². The summed E-state index contributed by atoms with van der Waals surface area (Å²) in [6.45, 7) is 0. The van der Waals surface area contributed by atoms with E-state index in [0.29, 0.717) is 40.8 Å². The van der Waals surface area contributed by atoms with Crippen LogP contribution in [0.2, 0.25) is 0 Å². The number of fused-ring (bicyclic) bond motifs is 1. The first kappa shape index (κ1) is 17.3. The lowest BCUT2D eigenvalue weighted by Crippen LogP contribution is -2.42. The molecule has 1 aromatic heterocycles. The molecule has 1 aliphatic rings. The monoisotopic (exact) mass is 361 g/mol. The minimum absolute atomic E-state index is 0.0337. The fraction of sp³-hybridized carbons (Fsp3) is 0.278. The number of thiophene rings is 1. The van der Waals surface area contributed by atoms with Crippen molar-refractivity contribution in [2.24, 2.45) is 0 Å². The van der Waals surface area contributed by atoms with Crippen LogP contribution in [0.4, 0.5) is 4.39 Å². The number of carbonyl (C=O) groups excluding carboxylic acids is 2. The van der Waals surface area contributed by atoms with Gasteiger partial charge in [0.25, 0.3) is 5.91 Å². The molecule has 1 atom stereocenters. The van der Waals surface area contributed by atoms with Crippen LogP contribution in [0.5, 0.6) is 0 Å². The highest BCUT2D eigenvalue weighted by Crippen LogP contribution is 2.30. The fourth-order valence-corrected chi connectivity index (χ4v) is 3.96. The van der Waals surface area contributed by atoms with E-state index < -0.39 is 23.7 Å². The first-order chi connectivity index (χ1) is 12.0. The zero-order valence-corrected chi connectivity index (χ0v) is 14.1. The number of carboxylic acids is 1. The van der Waals surface area contributed by atoms with Gasteiger partial charge in [0.15, 0.2) is 5.78 Å². The van der Waals surface area contributed by atoms with Gasteiger partial charge in [0.05, 0.1) is 10.4 Å². The Morgan fingerprint density at radius 2 is 1.96 bits per heavy atom. The molecule has 7 heteroatoms. The Balaban J connectivity index is 1.76. The molecule has 1 amide bonds. The highest BCUT2D eigenvalue weighted by Gasteiger charge is 2.27. The number of halogens is 1. The van der Waals surface area contributed by atoms with Gasteiger partial charge in [-0.1, -0.05) is 12.1 Å². The van der Waals surface area contributed by atoms with Gasteiger partial charge in [-0.15, -0.1) is 11.3 Å². The van der Waals surface area contributed by atoms with Crippen molar-refractivity contribution in [1.82, 2.24) is 5.32 Å². The predicted octanol–water partition coefficient (Wildman–Crippen LogP) is 2.83. The van der Waals surface area contributed by atoms with Crippen molar-refractivity contribution < 1.29 is 23.9 Å². The molecule has 2 aromatic rings. The average molecular weight is 361 g/mol. The van der Waals surface area contributed by atoms with Gasteiger partial charge in [0.1, 0.15) is 11.9 Å². The number of Topliss-reactive ketones (excluding diaryl/α,β-unsaturated/α-hetero) is 1. The highest BCUT2D eigenvalue weighted by atomic mass is 32.1. The van der Waals surface area contributed by atoms with E-state index in [4.69, 9.17) is 0 Å². The smallest absolute Gasteiger partial charge is 0.326 e. The van der Waals surface area contributed by atoms with Gasteiger partial charge >= 0.3 is 5.97 Å². The molecule has 2 N–H and O–H groups in total. The van der Waals surface area contributed by atoms with E-state index in [1.165, 1.54) is 35.6 Å². The molecule has 1 aromatic carbocycles. The second-order valence-electron chi connectivity index (χ2n) is 5.93. The predicted molar refractivity (Wildman–Crippen MR) is 90.6 cm³/mol. The normalized spacial score (nSPS) is 14.7. The summed E-state index contributed by atoms with van der Waals surface area (Å²) in [7, 11) is 0. The average Bonchev–Trinajstić information content (AvgIpc) is 3.01. The molecule has 0 spiro atoms. The number of carboxylic acid groups (broad SMARTS) is 1. The molecule has 0 saturated carbocycles. The summed E-state index contributed by atoms with van der Waals surface area (Å²) in [4.78, 5) is 36.5. The van der Waals surface area contributed by atoms with E-state index in [9.17, 15) is 23.9 Å². The molecule has 5 nitrogen and oxygen atoms in total. The van der Waals surface area contributed by atoms with Crippen LogP contribution < -0.4 is 5.32 Å². The summed E-state index contributed by atoms with van der Waals surface area (Å²) < 4.78 is 13.0. The SMILES string of the molecule is O=C(NC(Cc1ccc(F)cc1)C(=O)O)c1csc2c1CCCC2=O. The zero-order chi connectivity index (χ0) is 18.0. The molecule has 0 bridgehead atoms. The lowest BCUT2D eigenvalue weighted by Gasteiger charge is -2.16. The van der Waals surface area contributed by atoms with Gasteiger partial charge in [0, 0.05) is 18.2 Å². The van der Waals surface area contributed by atoms with Gasteiger partial charge in [0.2, 0.25) is 0 Å². The molecule has 25 heavy (non-hydrogen) atoms. The summed E-state index contributed by atoms with van der Waals surface area (Å²) in [5, 5.41) is 13.5. The number of amides is 1. The van der Waals surface area contributed by atoms with Crippen molar-refractivity contribution >= 4 is 29.0 Å². The van der Waals surface area contributed by atoms with Crippen molar-refractivity contribution in [1.29, 1.82) is 0 Å². The van der Waals surface area contributed by atoms with Crippen molar-refractivity contribution in [2.45, 2.75) is 31.7 Å². The topological polar surface area (TPSA) is 83.5 Å². The van der Waals surface area contributed by atoms with Crippen LogP contribution in [0.3, 0.4) is 0 Å². The van der Waals surface area contributed by atoms with E-state index in [-0.39, 0.29) is 12.2 Å². The molecule has 130 valence electrons. The number of hydrogen-bond donors (Lipinski definition) is 2. The van der Waals surface area contributed by atoms with Crippen molar-refractivity contribution in [3.63, 3.8) is 0 Å². The Bertz CT molecular complexity index is 828. The Morgan fingerprint density at radius 3 is 2.64 bits per heavy atom. The van der Waals surface area contributed by atoms with E-state index in [0.717, 1.165) is 0 Å². The fourth-order valence-electron chi connectivity index (χ4n) is 2.89. The summed E-state index contributed by atoms with van der Waals surface area (Å²) >= 11 is 1.23. The number of ketones is 1. The molecular weight excluding hydrogens is 345 g/mol. The molecule has 1 heterocycles. The van der Waals surface area contributed by atoms with E-state index in [1.54, 1.807) is 5.38 Å². The Hall–Kier alpha value is -2.54. The van der Waals surface area contributed by atoms with Gasteiger partial charge in [-0.25, -0.2) is 9.18 Å². The lowest BCUT2D eigenvalue weighted by atomic mass is 9.94. The van der Waals surface area contributed by atoms with Crippen LogP contribution in [-0.4, -0.2) is 28.8 Å². The van der Waals surface area contributed by atoms with E-state index >= 15 is 0 Å². The van der Waals surface area contributed by atoms with Gasteiger partial charge in [-0.05, 0) is 36.1 Å². The minimum Gasteiger partial charge on any atom is -0.480 e. The van der Waals surface area contributed by atoms with Crippen LogP contribution in [0.25, 0.3) is 0 Å². The molecule has 1 aliphatic carbocycles. The molecule has 0 saturated heterocycles. The second-order valence-corrected chi connectivity index (χ2v) is 6.81. The van der Waals surface area contributed by atoms with Crippen LogP contribution in [-0.2, 0) is 17.6 Å². The Kier molecular flexibility index (Phi) is 4.94. The summed E-state index contributed by atoms with van der Waals surface area (Å²) in [5.41, 5.74) is 1.69. The third kappa shape index (κ3) is 3.76. The minimum atomic E-state index is -1.17. The molecule has 0 radical (unpaired) electrons. The number of rotatable bonds is 5. The maximum Gasteiger partial charge on any atom is 0.326 e. The largest absolute Gasteiger partial charge is 0.480 e. The van der Waals surface area contributed by atoms with Gasteiger partial charge in [-0.2, -0.15) is 0 Å². The third-order valence-electron chi connectivity index (χ3n) is 4.18. The number of nitrogens with one attached hydrogen (secondary N) is 1. The summed E-state index contributed by atoms with van der Waals surface area (Å²) in [6.07, 6.45) is 1.87. The molecule has 0 aliphatic heterocycles. The molecule has 1 unspecified atom stereocenters. The Morgan fingerprint density at radius 1 is 1.24 bits per heavy atom. The first-order valence-electron chi connectivity index (χ1n) is 7.87. The van der Waals surface area contributed by atoms with Crippen LogP contribution >= 0.6 is 11.3 Å². The molecule has 3 rings (SSSR count). The third-order valence-corrected chi connectivity index (χ3v) is 5.24. The summed E-state index contributed by atoms with van der Waals surface area (Å²) in [6, 6.07) is 4.34. The van der Waals surface area contributed by atoms with Crippen molar-refractivity contribution in [3.05, 3.63) is 57.0 Å². The Labute approximate surface area is 147 Å². The standard InChI is InChI=1S/C18H16FNO4S/c19-11-6-4-10(5-7-11)8-14(18(23)24)20-17(22)13-9-25-16-12(13)2-1-3-15(16)21/h4-7,9,14H,1-3,8H2,(H,20,22)(H,23,24). The van der Waals surface area contributed by atoms with Crippen LogP contribution in [0, 0.1) is 5.82 Å². The van der Waals surface area contributed by atoms with Crippen molar-refractivity contribution in [3.8, 4) is 0 Å². The zero-order valence-electron chi connectivity index (χ0n) is 13.3. The van der Waals surface area contributed by atoms with Gasteiger partial charge in [-0.3, -0.25) is 9.59 Å².